The number of amides is 1. The van der Waals surface area contributed by atoms with Crippen molar-refractivity contribution in [3.8, 4) is 0 Å². The molecule has 114 valence electrons. The number of carboxylic acid groups (broad SMARTS) is 1. The van der Waals surface area contributed by atoms with Crippen LogP contribution < -0.4 is 0 Å². The fourth-order valence-corrected chi connectivity index (χ4v) is 3.94. The van der Waals surface area contributed by atoms with Crippen molar-refractivity contribution in [3.63, 3.8) is 0 Å². The van der Waals surface area contributed by atoms with Gasteiger partial charge in [0.05, 0.1) is 11.5 Å². The number of rotatable bonds is 4. The van der Waals surface area contributed by atoms with Crippen LogP contribution >= 0.6 is 11.6 Å². The molecule has 1 fully saturated rings. The van der Waals surface area contributed by atoms with Gasteiger partial charge in [-0.05, 0) is 18.6 Å². The molecular formula is C11H12ClN3O5S. The lowest BCUT2D eigenvalue weighted by Gasteiger charge is -2.25. The molecule has 1 aliphatic heterocycles. The van der Waals surface area contributed by atoms with Gasteiger partial charge in [-0.15, -0.1) is 10.2 Å². The molecule has 0 aliphatic carbocycles. The molecule has 0 aromatic carbocycles. The smallest absolute Gasteiger partial charge is 0.323 e. The number of carboxylic acids is 1. The molecule has 1 saturated heterocycles. The molecule has 1 aromatic heterocycles. The van der Waals surface area contributed by atoms with Gasteiger partial charge in [0.25, 0.3) is 5.91 Å². The molecule has 0 radical (unpaired) electrons. The van der Waals surface area contributed by atoms with Crippen LogP contribution in [-0.4, -0.2) is 64.6 Å². The van der Waals surface area contributed by atoms with Crippen LogP contribution in [0.1, 0.15) is 16.9 Å². The summed E-state index contributed by atoms with van der Waals surface area (Å²) < 4.78 is 23.0. The third-order valence-electron chi connectivity index (χ3n) is 3.07. The Morgan fingerprint density at radius 1 is 1.38 bits per heavy atom. The van der Waals surface area contributed by atoms with Crippen molar-refractivity contribution in [2.75, 3.05) is 18.1 Å². The second-order valence-corrected chi connectivity index (χ2v) is 7.24. The van der Waals surface area contributed by atoms with Gasteiger partial charge >= 0.3 is 5.97 Å². The van der Waals surface area contributed by atoms with Gasteiger partial charge in [-0.1, -0.05) is 11.6 Å². The van der Waals surface area contributed by atoms with Crippen LogP contribution in [0.25, 0.3) is 0 Å². The monoisotopic (exact) mass is 333 g/mol. The van der Waals surface area contributed by atoms with E-state index in [9.17, 15) is 18.0 Å². The number of carbonyl (C=O) groups excluding carboxylic acids is 1. The van der Waals surface area contributed by atoms with E-state index in [1.807, 2.05) is 0 Å². The topological polar surface area (TPSA) is 118 Å². The second-order valence-electron chi connectivity index (χ2n) is 4.62. The Morgan fingerprint density at radius 3 is 2.57 bits per heavy atom. The lowest BCUT2D eigenvalue weighted by Crippen LogP contribution is -2.44. The maximum atomic E-state index is 12.3. The molecule has 10 heteroatoms. The van der Waals surface area contributed by atoms with Gasteiger partial charge in [0.15, 0.2) is 20.7 Å². The van der Waals surface area contributed by atoms with Crippen molar-refractivity contribution in [2.45, 2.75) is 12.5 Å². The van der Waals surface area contributed by atoms with Gasteiger partial charge in [-0.25, -0.2) is 8.42 Å². The highest BCUT2D eigenvalue weighted by Gasteiger charge is 2.36. The Hall–Kier alpha value is -1.74. The number of carbonyl (C=O) groups is 2. The summed E-state index contributed by atoms with van der Waals surface area (Å²) in [5.41, 5.74) is -0.0788. The highest BCUT2D eigenvalue weighted by atomic mass is 35.5. The van der Waals surface area contributed by atoms with E-state index < -0.39 is 34.3 Å². The van der Waals surface area contributed by atoms with Crippen molar-refractivity contribution in [1.82, 2.24) is 15.1 Å². The number of nitrogens with zero attached hydrogens (tertiary/aromatic N) is 3. The molecule has 1 amide bonds. The molecule has 1 aromatic rings. The maximum absolute atomic E-state index is 12.3. The third kappa shape index (κ3) is 3.88. The fraction of sp³-hybridized carbons (Fsp3) is 0.455. The quantitative estimate of drug-likeness (QED) is 0.813. The van der Waals surface area contributed by atoms with Crippen LogP contribution in [0.2, 0.25) is 5.15 Å². The first-order valence-electron chi connectivity index (χ1n) is 6.01. The zero-order valence-corrected chi connectivity index (χ0v) is 12.3. The average molecular weight is 334 g/mol. The van der Waals surface area contributed by atoms with Crippen LogP contribution in [0.4, 0.5) is 0 Å². The molecule has 1 unspecified atom stereocenters. The molecule has 2 rings (SSSR count). The summed E-state index contributed by atoms with van der Waals surface area (Å²) in [4.78, 5) is 24.2. The summed E-state index contributed by atoms with van der Waals surface area (Å²) in [6.07, 6.45) is 0.211. The first-order chi connectivity index (χ1) is 9.78. The van der Waals surface area contributed by atoms with E-state index in [4.69, 9.17) is 16.7 Å². The van der Waals surface area contributed by atoms with Crippen LogP contribution in [0.15, 0.2) is 12.1 Å². The molecule has 0 spiro atoms. The Balaban J connectivity index is 2.25. The predicted octanol–water partition coefficient (Wildman–Crippen LogP) is -0.156. The second kappa shape index (κ2) is 5.94. The SMILES string of the molecule is O=C(O)CN(C(=O)c1ccc(Cl)nn1)C1CCS(=O)(=O)C1. The van der Waals surface area contributed by atoms with Crippen LogP contribution in [0, 0.1) is 0 Å². The third-order valence-corrected chi connectivity index (χ3v) is 5.02. The van der Waals surface area contributed by atoms with Crippen molar-refractivity contribution >= 4 is 33.3 Å². The summed E-state index contributed by atoms with van der Waals surface area (Å²) in [5.74, 6) is -2.21. The Bertz CT molecular complexity index is 661. The van der Waals surface area contributed by atoms with E-state index >= 15 is 0 Å². The van der Waals surface area contributed by atoms with Crippen LogP contribution in [-0.2, 0) is 14.6 Å². The summed E-state index contributed by atoms with van der Waals surface area (Å²) in [7, 11) is -3.24. The summed E-state index contributed by atoms with van der Waals surface area (Å²) in [6, 6.07) is 2.00. The van der Waals surface area contributed by atoms with E-state index in [0.29, 0.717) is 0 Å². The van der Waals surface area contributed by atoms with Crippen molar-refractivity contribution in [2.24, 2.45) is 0 Å². The number of hydrogen-bond acceptors (Lipinski definition) is 6. The largest absolute Gasteiger partial charge is 0.480 e. The standard InChI is InChI=1S/C11H12ClN3O5S/c12-9-2-1-8(13-14-9)11(18)15(5-10(16)17)7-3-4-21(19,20)6-7/h1-2,7H,3-6H2,(H,16,17). The lowest BCUT2D eigenvalue weighted by atomic mass is 10.2. The average Bonchev–Trinajstić information content (AvgIpc) is 2.76. The number of halogens is 1. The Kier molecular flexibility index (Phi) is 4.43. The molecule has 2 heterocycles. The maximum Gasteiger partial charge on any atom is 0.323 e. The minimum absolute atomic E-state index is 0.0621. The van der Waals surface area contributed by atoms with Crippen molar-refractivity contribution in [1.29, 1.82) is 0 Å². The van der Waals surface area contributed by atoms with E-state index in [1.165, 1.54) is 12.1 Å². The van der Waals surface area contributed by atoms with Gasteiger partial charge in [-0.3, -0.25) is 9.59 Å². The molecule has 1 N–H and O–H groups in total. The number of hydrogen-bond donors (Lipinski definition) is 1. The van der Waals surface area contributed by atoms with E-state index in [2.05, 4.69) is 10.2 Å². The van der Waals surface area contributed by atoms with Gasteiger partial charge < -0.3 is 10.0 Å². The highest BCUT2D eigenvalue weighted by molar-refractivity contribution is 7.91. The number of sulfone groups is 1. The number of aliphatic carboxylic acids is 1. The molecule has 8 nitrogen and oxygen atoms in total. The van der Waals surface area contributed by atoms with Crippen LogP contribution in [0.5, 0.6) is 0 Å². The van der Waals surface area contributed by atoms with Gasteiger partial charge in [-0.2, -0.15) is 0 Å². The summed E-state index contributed by atoms with van der Waals surface area (Å²) in [6.45, 7) is -0.594. The van der Waals surface area contributed by atoms with E-state index in [1.54, 1.807) is 0 Å². The van der Waals surface area contributed by atoms with Crippen LogP contribution in [0.3, 0.4) is 0 Å². The van der Waals surface area contributed by atoms with Crippen molar-refractivity contribution < 1.29 is 23.1 Å². The van der Waals surface area contributed by atoms with Gasteiger partial charge in [0, 0.05) is 6.04 Å². The van der Waals surface area contributed by atoms with Crippen molar-refractivity contribution in [3.05, 3.63) is 23.0 Å². The molecule has 0 saturated carbocycles. The number of aromatic nitrogens is 2. The Morgan fingerprint density at radius 2 is 2.10 bits per heavy atom. The minimum atomic E-state index is -3.24. The first-order valence-corrected chi connectivity index (χ1v) is 8.21. The molecule has 1 aliphatic rings. The molecule has 1 atom stereocenters. The molecule has 0 bridgehead atoms. The summed E-state index contributed by atoms with van der Waals surface area (Å²) >= 11 is 5.57. The lowest BCUT2D eigenvalue weighted by molar-refractivity contribution is -0.138. The summed E-state index contributed by atoms with van der Waals surface area (Å²) in [5, 5.41) is 16.1. The predicted molar refractivity (Wildman–Crippen MR) is 72.8 cm³/mol. The Labute approximate surface area is 125 Å². The minimum Gasteiger partial charge on any atom is -0.480 e. The normalized spacial score (nSPS) is 20.1. The first kappa shape index (κ1) is 15.6. The van der Waals surface area contributed by atoms with Gasteiger partial charge in [0.2, 0.25) is 0 Å². The van der Waals surface area contributed by atoms with Gasteiger partial charge in [0.1, 0.15) is 6.54 Å². The molecular weight excluding hydrogens is 322 g/mol. The highest BCUT2D eigenvalue weighted by Crippen LogP contribution is 2.19. The van der Waals surface area contributed by atoms with E-state index in [-0.39, 0.29) is 28.8 Å². The van der Waals surface area contributed by atoms with E-state index in [0.717, 1.165) is 4.90 Å². The molecule has 21 heavy (non-hydrogen) atoms. The zero-order chi connectivity index (χ0) is 15.6. The fourth-order valence-electron chi connectivity index (χ4n) is 2.11. The zero-order valence-electron chi connectivity index (χ0n) is 10.8.